The summed E-state index contributed by atoms with van der Waals surface area (Å²) in [4.78, 5) is 8.94. The molecule has 1 heterocycles. The highest BCUT2D eigenvalue weighted by Crippen LogP contribution is 2.39. The average molecular weight is 271 g/mol. The highest BCUT2D eigenvalue weighted by atomic mass is 16.5. The van der Waals surface area contributed by atoms with Gasteiger partial charge in [-0.3, -0.25) is 0 Å². The number of nitrogens with zero attached hydrogens (tertiary/aromatic N) is 2. The second-order valence-electron chi connectivity index (χ2n) is 4.75. The van der Waals surface area contributed by atoms with Gasteiger partial charge in [-0.25, -0.2) is 4.98 Å². The van der Waals surface area contributed by atoms with Crippen LogP contribution in [0.25, 0.3) is 0 Å². The Hall–Kier alpha value is -2.30. The molecule has 0 saturated heterocycles. The Morgan fingerprint density at radius 1 is 1.10 bits per heavy atom. The number of ether oxygens (including phenoxy) is 2. The summed E-state index contributed by atoms with van der Waals surface area (Å²) in [5, 5.41) is 3.04. The van der Waals surface area contributed by atoms with Crippen molar-refractivity contribution in [3.05, 3.63) is 36.2 Å². The molecule has 1 aliphatic carbocycles. The predicted octanol–water partition coefficient (Wildman–Crippen LogP) is 3.20. The molecule has 1 N–H and O–H groups in total. The van der Waals surface area contributed by atoms with E-state index in [2.05, 4.69) is 15.3 Å². The van der Waals surface area contributed by atoms with Crippen molar-refractivity contribution in [1.29, 1.82) is 0 Å². The summed E-state index contributed by atoms with van der Waals surface area (Å²) in [5.41, 5.74) is 0. The number of nitrogens with one attached hydrogen (secondary N) is 1. The van der Waals surface area contributed by atoms with Crippen LogP contribution in [0.2, 0.25) is 0 Å². The Morgan fingerprint density at radius 2 is 1.80 bits per heavy atom. The molecule has 0 spiro atoms. The minimum Gasteiger partial charge on any atom is -0.497 e. The molecule has 1 saturated carbocycles. The smallest absolute Gasteiger partial charge is 0.224 e. The number of rotatable bonds is 5. The number of methoxy groups -OCH3 is 1. The fourth-order valence-electron chi connectivity index (χ4n) is 1.91. The Balaban J connectivity index is 1.83. The highest BCUT2D eigenvalue weighted by molar-refractivity contribution is 5.41. The quantitative estimate of drug-likeness (QED) is 0.905. The Bertz CT molecular complexity index is 595. The maximum atomic E-state index is 5.79. The lowest BCUT2D eigenvalue weighted by Gasteiger charge is -2.09. The molecular formula is C15H17N3O2. The van der Waals surface area contributed by atoms with Gasteiger partial charge in [0.2, 0.25) is 5.88 Å². The SMILES string of the molecule is CNc1cc(Oc2ccc(OC)cc2)nc(C2CC2)n1. The van der Waals surface area contributed by atoms with E-state index in [1.54, 1.807) is 13.2 Å². The zero-order valence-electron chi connectivity index (χ0n) is 11.6. The summed E-state index contributed by atoms with van der Waals surface area (Å²) in [6.45, 7) is 0. The molecule has 0 bridgehead atoms. The first kappa shape index (κ1) is 12.7. The van der Waals surface area contributed by atoms with Crippen LogP contribution in [0.5, 0.6) is 17.4 Å². The van der Waals surface area contributed by atoms with Gasteiger partial charge < -0.3 is 14.8 Å². The van der Waals surface area contributed by atoms with Crippen LogP contribution in [0.1, 0.15) is 24.6 Å². The van der Waals surface area contributed by atoms with Gasteiger partial charge >= 0.3 is 0 Å². The van der Waals surface area contributed by atoms with Gasteiger partial charge in [-0.05, 0) is 37.1 Å². The van der Waals surface area contributed by atoms with Gasteiger partial charge in [0.05, 0.1) is 7.11 Å². The second kappa shape index (κ2) is 5.36. The fourth-order valence-corrected chi connectivity index (χ4v) is 1.91. The first-order chi connectivity index (χ1) is 9.78. The lowest BCUT2D eigenvalue weighted by atomic mass is 10.3. The minimum atomic E-state index is 0.488. The third kappa shape index (κ3) is 2.82. The second-order valence-corrected chi connectivity index (χ2v) is 4.75. The lowest BCUT2D eigenvalue weighted by Crippen LogP contribution is -2.01. The molecule has 5 nitrogen and oxygen atoms in total. The van der Waals surface area contributed by atoms with Crippen LogP contribution in [0.15, 0.2) is 30.3 Å². The monoisotopic (exact) mass is 271 g/mol. The van der Waals surface area contributed by atoms with E-state index in [0.717, 1.165) is 36.0 Å². The normalized spacial score (nSPS) is 13.9. The van der Waals surface area contributed by atoms with Crippen molar-refractivity contribution in [2.24, 2.45) is 0 Å². The van der Waals surface area contributed by atoms with E-state index in [1.165, 1.54) is 0 Å². The first-order valence-electron chi connectivity index (χ1n) is 6.67. The summed E-state index contributed by atoms with van der Waals surface area (Å²) < 4.78 is 10.9. The van der Waals surface area contributed by atoms with Gasteiger partial charge in [-0.2, -0.15) is 4.98 Å². The van der Waals surface area contributed by atoms with Crippen LogP contribution < -0.4 is 14.8 Å². The van der Waals surface area contributed by atoms with Crippen molar-refractivity contribution in [1.82, 2.24) is 9.97 Å². The van der Waals surface area contributed by atoms with E-state index in [0.29, 0.717) is 11.8 Å². The maximum absolute atomic E-state index is 5.79. The largest absolute Gasteiger partial charge is 0.497 e. The number of aromatic nitrogens is 2. The van der Waals surface area contributed by atoms with Gasteiger partial charge in [0.25, 0.3) is 0 Å². The molecule has 20 heavy (non-hydrogen) atoms. The predicted molar refractivity (Wildman–Crippen MR) is 76.6 cm³/mol. The molecule has 3 rings (SSSR count). The third-order valence-electron chi connectivity index (χ3n) is 3.20. The molecule has 2 aromatic rings. The van der Waals surface area contributed by atoms with Gasteiger partial charge in [0.1, 0.15) is 23.1 Å². The molecule has 1 fully saturated rings. The van der Waals surface area contributed by atoms with Crippen LogP contribution in [0.3, 0.4) is 0 Å². The van der Waals surface area contributed by atoms with Gasteiger partial charge in [-0.15, -0.1) is 0 Å². The van der Waals surface area contributed by atoms with Crippen molar-refractivity contribution >= 4 is 5.82 Å². The number of anilines is 1. The minimum absolute atomic E-state index is 0.488. The van der Waals surface area contributed by atoms with Crippen LogP contribution in [-0.2, 0) is 0 Å². The standard InChI is InChI=1S/C15H17N3O2/c1-16-13-9-14(18-15(17-13)10-3-4-10)20-12-7-5-11(19-2)6-8-12/h5-10H,3-4H2,1-2H3,(H,16,17,18). The fraction of sp³-hybridized carbons (Fsp3) is 0.333. The lowest BCUT2D eigenvalue weighted by molar-refractivity contribution is 0.412. The molecule has 0 aliphatic heterocycles. The van der Waals surface area contributed by atoms with Crippen molar-refractivity contribution in [2.75, 3.05) is 19.5 Å². The zero-order chi connectivity index (χ0) is 13.9. The molecule has 0 atom stereocenters. The molecule has 1 aromatic carbocycles. The zero-order valence-corrected chi connectivity index (χ0v) is 11.6. The molecule has 1 aromatic heterocycles. The summed E-state index contributed by atoms with van der Waals surface area (Å²) in [5.74, 6) is 4.23. The number of hydrogen-bond donors (Lipinski definition) is 1. The van der Waals surface area contributed by atoms with Crippen LogP contribution in [-0.4, -0.2) is 24.1 Å². The molecule has 0 radical (unpaired) electrons. The van der Waals surface area contributed by atoms with E-state index >= 15 is 0 Å². The van der Waals surface area contributed by atoms with E-state index in [4.69, 9.17) is 9.47 Å². The van der Waals surface area contributed by atoms with Crippen LogP contribution in [0, 0.1) is 0 Å². The number of benzene rings is 1. The first-order valence-corrected chi connectivity index (χ1v) is 6.67. The van der Waals surface area contributed by atoms with E-state index in [1.807, 2.05) is 31.3 Å². The van der Waals surface area contributed by atoms with Crippen LogP contribution >= 0.6 is 0 Å². The highest BCUT2D eigenvalue weighted by Gasteiger charge is 2.27. The Labute approximate surface area is 118 Å². The molecule has 104 valence electrons. The van der Waals surface area contributed by atoms with Gasteiger partial charge in [0.15, 0.2) is 0 Å². The van der Waals surface area contributed by atoms with E-state index in [-0.39, 0.29) is 0 Å². The third-order valence-corrected chi connectivity index (χ3v) is 3.20. The number of hydrogen-bond acceptors (Lipinski definition) is 5. The van der Waals surface area contributed by atoms with E-state index < -0.39 is 0 Å². The Morgan fingerprint density at radius 3 is 2.40 bits per heavy atom. The van der Waals surface area contributed by atoms with Crippen molar-refractivity contribution in [3.63, 3.8) is 0 Å². The summed E-state index contributed by atoms with van der Waals surface area (Å²) in [7, 11) is 3.48. The van der Waals surface area contributed by atoms with E-state index in [9.17, 15) is 0 Å². The molecule has 1 aliphatic rings. The van der Waals surface area contributed by atoms with Crippen molar-refractivity contribution < 1.29 is 9.47 Å². The average Bonchev–Trinajstić information content (AvgIpc) is 3.32. The molecule has 0 unspecified atom stereocenters. The van der Waals surface area contributed by atoms with Crippen molar-refractivity contribution in [2.45, 2.75) is 18.8 Å². The van der Waals surface area contributed by atoms with Gasteiger partial charge in [0, 0.05) is 19.0 Å². The van der Waals surface area contributed by atoms with Gasteiger partial charge in [-0.1, -0.05) is 0 Å². The Kier molecular flexibility index (Phi) is 3.41. The molecule has 5 heteroatoms. The summed E-state index contributed by atoms with van der Waals surface area (Å²) in [6, 6.07) is 9.23. The van der Waals surface area contributed by atoms with Crippen molar-refractivity contribution in [3.8, 4) is 17.4 Å². The summed E-state index contributed by atoms with van der Waals surface area (Å²) >= 11 is 0. The topological polar surface area (TPSA) is 56.3 Å². The summed E-state index contributed by atoms with van der Waals surface area (Å²) in [6.07, 6.45) is 2.32. The maximum Gasteiger partial charge on any atom is 0.224 e. The van der Waals surface area contributed by atoms with Crippen LogP contribution in [0.4, 0.5) is 5.82 Å². The molecule has 0 amide bonds. The molecular weight excluding hydrogens is 254 g/mol.